The van der Waals surface area contributed by atoms with E-state index in [0.717, 1.165) is 18.7 Å². The summed E-state index contributed by atoms with van der Waals surface area (Å²) < 4.78 is 5.32. The fourth-order valence-electron chi connectivity index (χ4n) is 1.92. The van der Waals surface area contributed by atoms with E-state index in [9.17, 15) is 0 Å². The molecule has 0 atom stereocenters. The standard InChI is InChI=1S/C11H21N5O/c1-5-8(6-2)16(3)11-9(17-4)10(15-12)13-7-14-11/h7-8H,5-6,12H2,1-4H3,(H,13,14,15). The number of hydrogen-bond acceptors (Lipinski definition) is 6. The molecule has 0 aromatic carbocycles. The zero-order valence-electron chi connectivity index (χ0n) is 10.9. The van der Waals surface area contributed by atoms with E-state index in [4.69, 9.17) is 10.6 Å². The molecule has 0 radical (unpaired) electrons. The van der Waals surface area contributed by atoms with Gasteiger partial charge < -0.3 is 15.1 Å². The van der Waals surface area contributed by atoms with Crippen LogP contribution in [0, 0.1) is 0 Å². The number of hydrazine groups is 1. The monoisotopic (exact) mass is 239 g/mol. The molecule has 17 heavy (non-hydrogen) atoms. The van der Waals surface area contributed by atoms with Crippen LogP contribution in [0.15, 0.2) is 6.33 Å². The molecule has 96 valence electrons. The quantitative estimate of drug-likeness (QED) is 0.577. The summed E-state index contributed by atoms with van der Waals surface area (Å²) in [5, 5.41) is 0. The maximum Gasteiger partial charge on any atom is 0.205 e. The maximum atomic E-state index is 5.40. The van der Waals surface area contributed by atoms with Gasteiger partial charge in [0.15, 0.2) is 11.6 Å². The van der Waals surface area contributed by atoms with Gasteiger partial charge in [0.2, 0.25) is 5.75 Å². The first-order valence-corrected chi connectivity index (χ1v) is 5.77. The minimum absolute atomic E-state index is 0.421. The van der Waals surface area contributed by atoms with Crippen LogP contribution in [0.2, 0.25) is 0 Å². The molecular formula is C11H21N5O. The van der Waals surface area contributed by atoms with Crippen molar-refractivity contribution in [3.63, 3.8) is 0 Å². The molecule has 0 saturated carbocycles. The number of rotatable bonds is 6. The van der Waals surface area contributed by atoms with Gasteiger partial charge in [-0.2, -0.15) is 0 Å². The van der Waals surface area contributed by atoms with Crippen LogP contribution in [0.3, 0.4) is 0 Å². The Morgan fingerprint density at radius 1 is 1.41 bits per heavy atom. The molecule has 0 amide bonds. The number of anilines is 2. The average molecular weight is 239 g/mol. The van der Waals surface area contributed by atoms with Crippen molar-refractivity contribution >= 4 is 11.6 Å². The van der Waals surface area contributed by atoms with Gasteiger partial charge in [-0.1, -0.05) is 13.8 Å². The summed E-state index contributed by atoms with van der Waals surface area (Å²) in [5.74, 6) is 7.22. The predicted octanol–water partition coefficient (Wildman–Crippen LogP) is 1.40. The van der Waals surface area contributed by atoms with Gasteiger partial charge in [-0.3, -0.25) is 0 Å². The summed E-state index contributed by atoms with van der Waals surface area (Å²) in [7, 11) is 3.59. The van der Waals surface area contributed by atoms with Crippen molar-refractivity contribution in [1.82, 2.24) is 9.97 Å². The Labute approximate surface area is 102 Å². The van der Waals surface area contributed by atoms with Crippen LogP contribution in [0.25, 0.3) is 0 Å². The highest BCUT2D eigenvalue weighted by Gasteiger charge is 2.19. The van der Waals surface area contributed by atoms with Gasteiger partial charge in [-0.05, 0) is 12.8 Å². The van der Waals surface area contributed by atoms with E-state index in [1.165, 1.54) is 6.33 Å². The van der Waals surface area contributed by atoms with Crippen LogP contribution in [0.5, 0.6) is 5.75 Å². The Morgan fingerprint density at radius 3 is 2.53 bits per heavy atom. The van der Waals surface area contributed by atoms with E-state index in [1.54, 1.807) is 7.11 Å². The van der Waals surface area contributed by atoms with Crippen LogP contribution in [-0.4, -0.2) is 30.2 Å². The van der Waals surface area contributed by atoms with Gasteiger partial charge in [0.05, 0.1) is 7.11 Å². The van der Waals surface area contributed by atoms with Gasteiger partial charge in [-0.15, -0.1) is 0 Å². The zero-order chi connectivity index (χ0) is 12.8. The lowest BCUT2D eigenvalue weighted by Crippen LogP contribution is -2.31. The largest absolute Gasteiger partial charge is 0.490 e. The van der Waals surface area contributed by atoms with Gasteiger partial charge in [-0.25, -0.2) is 15.8 Å². The van der Waals surface area contributed by atoms with E-state index in [1.807, 2.05) is 7.05 Å². The molecule has 6 nitrogen and oxygen atoms in total. The molecule has 6 heteroatoms. The van der Waals surface area contributed by atoms with Gasteiger partial charge in [0.25, 0.3) is 0 Å². The third kappa shape index (κ3) is 2.76. The minimum Gasteiger partial charge on any atom is -0.490 e. The smallest absolute Gasteiger partial charge is 0.205 e. The summed E-state index contributed by atoms with van der Waals surface area (Å²) in [5.41, 5.74) is 2.51. The van der Waals surface area contributed by atoms with Crippen LogP contribution in [0.4, 0.5) is 11.6 Å². The first-order chi connectivity index (χ1) is 8.19. The summed E-state index contributed by atoms with van der Waals surface area (Å²) in [6, 6.07) is 0.421. The lowest BCUT2D eigenvalue weighted by molar-refractivity contribution is 0.410. The van der Waals surface area contributed by atoms with E-state index in [0.29, 0.717) is 17.6 Å². The van der Waals surface area contributed by atoms with Gasteiger partial charge in [0.1, 0.15) is 6.33 Å². The van der Waals surface area contributed by atoms with Crippen LogP contribution >= 0.6 is 0 Å². The van der Waals surface area contributed by atoms with Crippen molar-refractivity contribution in [1.29, 1.82) is 0 Å². The number of ether oxygens (including phenoxy) is 1. The van der Waals surface area contributed by atoms with Crippen LogP contribution in [0.1, 0.15) is 26.7 Å². The number of nitrogens with two attached hydrogens (primary N) is 1. The number of nitrogens with one attached hydrogen (secondary N) is 1. The molecule has 0 aliphatic carbocycles. The summed E-state index contributed by atoms with van der Waals surface area (Å²) >= 11 is 0. The highest BCUT2D eigenvalue weighted by molar-refractivity contribution is 5.64. The lowest BCUT2D eigenvalue weighted by Gasteiger charge is -2.28. The highest BCUT2D eigenvalue weighted by atomic mass is 16.5. The van der Waals surface area contributed by atoms with Gasteiger partial charge in [0, 0.05) is 13.1 Å². The molecule has 3 N–H and O–H groups in total. The molecule has 0 unspecified atom stereocenters. The second kappa shape index (κ2) is 6.24. The second-order valence-corrected chi connectivity index (χ2v) is 3.80. The molecule has 1 aromatic heterocycles. The normalized spacial score (nSPS) is 10.5. The Kier molecular flexibility index (Phi) is 4.96. The SMILES string of the molecule is CCC(CC)N(C)c1ncnc(NN)c1OC. The third-order valence-corrected chi connectivity index (χ3v) is 2.95. The predicted molar refractivity (Wildman–Crippen MR) is 69.2 cm³/mol. The molecule has 1 aromatic rings. The van der Waals surface area contributed by atoms with Crippen molar-refractivity contribution in [3.05, 3.63) is 6.33 Å². The van der Waals surface area contributed by atoms with E-state index >= 15 is 0 Å². The first kappa shape index (κ1) is 13.5. The molecule has 0 fully saturated rings. The Bertz CT molecular complexity index is 354. The third-order valence-electron chi connectivity index (χ3n) is 2.95. The van der Waals surface area contributed by atoms with Gasteiger partial charge >= 0.3 is 0 Å². The fourth-order valence-corrected chi connectivity index (χ4v) is 1.92. The molecule has 1 heterocycles. The van der Waals surface area contributed by atoms with E-state index in [2.05, 4.69) is 34.1 Å². The molecule has 0 bridgehead atoms. The summed E-state index contributed by atoms with van der Waals surface area (Å²) in [6.45, 7) is 4.31. The molecule has 1 rings (SSSR count). The Morgan fingerprint density at radius 2 is 2.06 bits per heavy atom. The summed E-state index contributed by atoms with van der Waals surface area (Å²) in [4.78, 5) is 10.4. The van der Waals surface area contributed by atoms with Crippen molar-refractivity contribution in [2.45, 2.75) is 32.7 Å². The van der Waals surface area contributed by atoms with Crippen LogP contribution in [-0.2, 0) is 0 Å². The van der Waals surface area contributed by atoms with Crippen LogP contribution < -0.4 is 20.9 Å². The molecule has 0 aliphatic rings. The average Bonchev–Trinajstić information content (AvgIpc) is 2.38. The maximum absolute atomic E-state index is 5.40. The van der Waals surface area contributed by atoms with Crippen molar-refractivity contribution in [3.8, 4) is 5.75 Å². The molecule has 0 saturated heterocycles. The zero-order valence-corrected chi connectivity index (χ0v) is 10.9. The number of nitrogens with zero attached hydrogens (tertiary/aromatic N) is 3. The fraction of sp³-hybridized carbons (Fsp3) is 0.636. The topological polar surface area (TPSA) is 76.3 Å². The van der Waals surface area contributed by atoms with Crippen molar-refractivity contribution in [2.24, 2.45) is 5.84 Å². The number of methoxy groups -OCH3 is 1. The second-order valence-electron chi connectivity index (χ2n) is 3.80. The van der Waals surface area contributed by atoms with E-state index < -0.39 is 0 Å². The molecular weight excluding hydrogens is 218 g/mol. The lowest BCUT2D eigenvalue weighted by atomic mass is 10.1. The number of hydrogen-bond donors (Lipinski definition) is 2. The highest BCUT2D eigenvalue weighted by Crippen LogP contribution is 2.32. The Balaban J connectivity index is 3.11. The van der Waals surface area contributed by atoms with Crippen molar-refractivity contribution < 1.29 is 4.74 Å². The Hall–Kier alpha value is -1.56. The molecule has 0 aliphatic heterocycles. The first-order valence-electron chi connectivity index (χ1n) is 5.77. The minimum atomic E-state index is 0.421. The number of aromatic nitrogens is 2. The van der Waals surface area contributed by atoms with Crippen molar-refractivity contribution in [2.75, 3.05) is 24.5 Å². The number of nitrogen functional groups attached to an aromatic ring is 1. The van der Waals surface area contributed by atoms with E-state index in [-0.39, 0.29) is 0 Å². The summed E-state index contributed by atoms with van der Waals surface area (Å²) in [6.07, 6.45) is 3.57. The molecule has 0 spiro atoms.